The van der Waals surface area contributed by atoms with Gasteiger partial charge >= 0.3 is 0 Å². The highest BCUT2D eigenvalue weighted by Gasteiger charge is 2.15. The summed E-state index contributed by atoms with van der Waals surface area (Å²) in [5, 5.41) is 13.7. The monoisotopic (exact) mass is 542 g/mol. The van der Waals surface area contributed by atoms with E-state index in [1.807, 2.05) is 30.3 Å². The van der Waals surface area contributed by atoms with Gasteiger partial charge in [0.2, 0.25) is 0 Å². The molecule has 1 aliphatic heterocycles. The topological polar surface area (TPSA) is 87.7 Å². The van der Waals surface area contributed by atoms with Crippen LogP contribution in [0.15, 0.2) is 60.7 Å². The quantitative estimate of drug-likeness (QED) is 0.260. The van der Waals surface area contributed by atoms with Crippen molar-refractivity contribution >= 4 is 28.3 Å². The lowest BCUT2D eigenvalue weighted by molar-refractivity contribution is 0.102. The molecule has 212 valence electrons. The first-order chi connectivity index (χ1) is 18.9. The number of aromatic amines is 1. The maximum absolute atomic E-state index is 13.0. The van der Waals surface area contributed by atoms with Gasteiger partial charge in [0.1, 0.15) is 11.6 Å². The summed E-state index contributed by atoms with van der Waals surface area (Å²) in [7, 11) is 2.17. The molecule has 2 heterocycles. The van der Waals surface area contributed by atoms with Gasteiger partial charge in [0.05, 0.1) is 16.6 Å². The number of H-pyrrole nitrogens is 1. The highest BCUT2D eigenvalue weighted by molar-refractivity contribution is 6.06. The van der Waals surface area contributed by atoms with E-state index < -0.39 is 0 Å². The number of fused-ring (bicyclic) bond motifs is 1. The first-order valence-electron chi connectivity index (χ1n) is 13.8. The molecule has 3 N–H and O–H groups in total. The van der Waals surface area contributed by atoms with Gasteiger partial charge < -0.3 is 30.1 Å². The molecule has 3 aromatic carbocycles. The number of nitrogens with one attached hydrogen (secondary N) is 2. The van der Waals surface area contributed by atoms with E-state index in [4.69, 9.17) is 0 Å². The number of aromatic nitrogens is 2. The Balaban J connectivity index is 0.00000370. The molecule has 1 fully saturated rings. The number of piperazine rings is 1. The summed E-state index contributed by atoms with van der Waals surface area (Å²) in [6.45, 7) is 11.5. The number of anilines is 2. The summed E-state index contributed by atoms with van der Waals surface area (Å²) in [4.78, 5) is 28.0. The Morgan fingerprint density at radius 1 is 1.00 bits per heavy atom. The van der Waals surface area contributed by atoms with E-state index in [9.17, 15) is 9.90 Å². The van der Waals surface area contributed by atoms with Crippen LogP contribution in [-0.2, 0) is 6.42 Å². The molecule has 1 aliphatic rings. The predicted molar refractivity (Wildman–Crippen MR) is 166 cm³/mol. The second-order valence-corrected chi connectivity index (χ2v) is 10.2. The van der Waals surface area contributed by atoms with Crippen molar-refractivity contribution in [2.45, 2.75) is 27.7 Å². The number of likely N-dealkylation sites (N-methyl/N-ethyl adjacent to an activating group) is 1. The van der Waals surface area contributed by atoms with Crippen molar-refractivity contribution < 1.29 is 9.90 Å². The summed E-state index contributed by atoms with van der Waals surface area (Å²) in [6, 6.07) is 19.2. The SMILES string of the molecule is C.CCN(CC)c1ccc(-c2nc3ccc(C(=O)Nc4ccc(CCN5CCN(C)CC5)cc4)cc3[nH]2)c(O)c1. The third kappa shape index (κ3) is 6.63. The maximum Gasteiger partial charge on any atom is 0.255 e. The number of aromatic hydroxyl groups is 1. The molecule has 0 atom stereocenters. The molecule has 8 heteroatoms. The van der Waals surface area contributed by atoms with Gasteiger partial charge in [-0.05, 0) is 75.3 Å². The van der Waals surface area contributed by atoms with Crippen molar-refractivity contribution in [1.82, 2.24) is 19.8 Å². The van der Waals surface area contributed by atoms with Crippen molar-refractivity contribution in [2.75, 3.05) is 63.1 Å². The molecule has 0 unspecified atom stereocenters. The Bertz CT molecular complexity index is 1420. The number of imidazole rings is 1. The second-order valence-electron chi connectivity index (χ2n) is 10.2. The molecule has 1 saturated heterocycles. The van der Waals surface area contributed by atoms with Crippen molar-refractivity contribution in [3.63, 3.8) is 0 Å². The third-order valence-corrected chi connectivity index (χ3v) is 7.63. The van der Waals surface area contributed by atoms with Gasteiger partial charge in [0, 0.05) is 68.8 Å². The number of phenolic OH excluding ortho intramolecular Hbond substituents is 1. The predicted octanol–water partition coefficient (Wildman–Crippen LogP) is 5.46. The lowest BCUT2D eigenvalue weighted by Gasteiger charge is -2.32. The van der Waals surface area contributed by atoms with Crippen LogP contribution in [0.5, 0.6) is 5.75 Å². The zero-order valence-corrected chi connectivity index (χ0v) is 23.1. The number of carbonyl (C=O) groups is 1. The molecular formula is C32H42N6O2. The van der Waals surface area contributed by atoms with E-state index in [2.05, 4.69) is 63.0 Å². The summed E-state index contributed by atoms with van der Waals surface area (Å²) in [5.41, 5.74) is 5.65. The third-order valence-electron chi connectivity index (χ3n) is 7.63. The standard InChI is InChI=1S/C31H38N6O2.CH4/c1-4-37(5-2)25-11-12-26(29(38)21-25)30-33-27-13-8-23(20-28(27)34-30)31(39)32-24-9-6-22(7-10-24)14-15-36-18-16-35(3)17-19-36;/h6-13,20-21,38H,4-5,14-19H2,1-3H3,(H,32,39)(H,33,34);1H4. The van der Waals surface area contributed by atoms with E-state index in [0.717, 1.165) is 74.6 Å². The molecule has 4 aromatic rings. The van der Waals surface area contributed by atoms with Crippen molar-refractivity contribution in [2.24, 2.45) is 0 Å². The van der Waals surface area contributed by atoms with E-state index in [0.29, 0.717) is 17.0 Å². The fourth-order valence-corrected chi connectivity index (χ4v) is 5.10. The van der Waals surface area contributed by atoms with Crippen LogP contribution in [0.1, 0.15) is 37.2 Å². The zero-order valence-electron chi connectivity index (χ0n) is 23.1. The average molecular weight is 543 g/mol. The number of nitrogens with zero attached hydrogens (tertiary/aromatic N) is 4. The first-order valence-corrected chi connectivity index (χ1v) is 13.8. The molecule has 40 heavy (non-hydrogen) atoms. The number of hydrogen-bond acceptors (Lipinski definition) is 6. The largest absolute Gasteiger partial charge is 0.507 e. The fourth-order valence-electron chi connectivity index (χ4n) is 5.10. The Kier molecular flexibility index (Phi) is 9.45. The van der Waals surface area contributed by atoms with Gasteiger partial charge in [0.15, 0.2) is 0 Å². The van der Waals surface area contributed by atoms with Gasteiger partial charge in [-0.3, -0.25) is 4.79 Å². The number of phenols is 1. The highest BCUT2D eigenvalue weighted by atomic mass is 16.3. The molecule has 0 aliphatic carbocycles. The van der Waals surface area contributed by atoms with Gasteiger partial charge in [-0.1, -0.05) is 19.6 Å². The molecule has 8 nitrogen and oxygen atoms in total. The first kappa shape index (κ1) is 29.1. The second kappa shape index (κ2) is 13.0. The molecule has 1 aromatic heterocycles. The van der Waals surface area contributed by atoms with E-state index in [1.54, 1.807) is 18.2 Å². The van der Waals surface area contributed by atoms with Crippen LogP contribution in [0, 0.1) is 0 Å². The number of amides is 1. The average Bonchev–Trinajstić information content (AvgIpc) is 3.37. The smallest absolute Gasteiger partial charge is 0.255 e. The molecule has 1 amide bonds. The van der Waals surface area contributed by atoms with Gasteiger partial charge in [-0.15, -0.1) is 0 Å². The molecule has 0 spiro atoms. The van der Waals surface area contributed by atoms with Crippen LogP contribution < -0.4 is 10.2 Å². The minimum atomic E-state index is -0.176. The number of rotatable bonds is 9. The molecular weight excluding hydrogens is 500 g/mol. The summed E-state index contributed by atoms with van der Waals surface area (Å²) < 4.78 is 0. The molecule has 5 rings (SSSR count). The highest BCUT2D eigenvalue weighted by Crippen LogP contribution is 2.32. The normalized spacial score (nSPS) is 14.2. The van der Waals surface area contributed by atoms with Crippen LogP contribution in [0.2, 0.25) is 0 Å². The van der Waals surface area contributed by atoms with E-state index >= 15 is 0 Å². The molecule has 0 bridgehead atoms. The van der Waals surface area contributed by atoms with Crippen LogP contribution in [0.4, 0.5) is 11.4 Å². The minimum absolute atomic E-state index is 0. The molecule has 0 saturated carbocycles. The van der Waals surface area contributed by atoms with E-state index in [1.165, 1.54) is 5.56 Å². The lowest BCUT2D eigenvalue weighted by atomic mass is 10.1. The van der Waals surface area contributed by atoms with Crippen LogP contribution in [-0.4, -0.2) is 83.6 Å². The van der Waals surface area contributed by atoms with Gasteiger partial charge in [-0.25, -0.2) is 4.98 Å². The van der Waals surface area contributed by atoms with Crippen molar-refractivity contribution in [1.29, 1.82) is 0 Å². The Morgan fingerprint density at radius 2 is 1.73 bits per heavy atom. The van der Waals surface area contributed by atoms with Gasteiger partial charge in [0.25, 0.3) is 5.91 Å². The zero-order chi connectivity index (χ0) is 27.4. The lowest BCUT2D eigenvalue weighted by Crippen LogP contribution is -2.45. The van der Waals surface area contributed by atoms with Crippen LogP contribution >= 0.6 is 0 Å². The number of carbonyl (C=O) groups excluding carboxylic acids is 1. The number of benzene rings is 3. The summed E-state index contributed by atoms with van der Waals surface area (Å²) in [5.74, 6) is 0.561. The van der Waals surface area contributed by atoms with E-state index in [-0.39, 0.29) is 19.1 Å². The Hall–Kier alpha value is -3.88. The van der Waals surface area contributed by atoms with Gasteiger partial charge in [-0.2, -0.15) is 0 Å². The summed E-state index contributed by atoms with van der Waals surface area (Å²) in [6.07, 6.45) is 1.00. The maximum atomic E-state index is 13.0. The van der Waals surface area contributed by atoms with Crippen molar-refractivity contribution in [3.8, 4) is 17.1 Å². The minimum Gasteiger partial charge on any atom is -0.507 e. The van der Waals surface area contributed by atoms with Crippen LogP contribution in [0.3, 0.4) is 0 Å². The summed E-state index contributed by atoms with van der Waals surface area (Å²) >= 11 is 0. The molecule has 0 radical (unpaired) electrons. The van der Waals surface area contributed by atoms with Crippen LogP contribution in [0.25, 0.3) is 22.4 Å². The Labute approximate surface area is 237 Å². The Morgan fingerprint density at radius 3 is 2.40 bits per heavy atom. The fraction of sp³-hybridized carbons (Fsp3) is 0.375. The van der Waals surface area contributed by atoms with Crippen molar-refractivity contribution in [3.05, 3.63) is 71.8 Å². The number of hydrogen-bond donors (Lipinski definition) is 3.